The van der Waals surface area contributed by atoms with Gasteiger partial charge >= 0.3 is 6.11 Å². The Labute approximate surface area is 226 Å². The van der Waals surface area contributed by atoms with E-state index < -0.39 is 29.7 Å². The maximum absolute atomic E-state index is 15.6. The van der Waals surface area contributed by atoms with E-state index in [1.165, 1.54) is 12.1 Å². The van der Waals surface area contributed by atoms with E-state index in [0.29, 0.717) is 55.2 Å². The molecule has 0 unspecified atom stereocenters. The van der Waals surface area contributed by atoms with Gasteiger partial charge in [0.25, 0.3) is 0 Å². The number of fused-ring (bicyclic) bond motifs is 2. The number of aryl methyl sites for hydroxylation is 2. The van der Waals surface area contributed by atoms with Crippen LogP contribution in [0.2, 0.25) is 0 Å². The molecule has 1 saturated carbocycles. The summed E-state index contributed by atoms with van der Waals surface area (Å²) in [6.07, 6.45) is 0.669. The normalized spacial score (nSPS) is 18.8. The molecule has 0 saturated heterocycles. The quantitative estimate of drug-likeness (QED) is 0.206. The van der Waals surface area contributed by atoms with Gasteiger partial charge in [0.2, 0.25) is 5.82 Å². The third-order valence-electron chi connectivity index (χ3n) is 7.88. The van der Waals surface area contributed by atoms with Crippen molar-refractivity contribution >= 4 is 0 Å². The highest BCUT2D eigenvalue weighted by Crippen LogP contribution is 2.46. The topological polar surface area (TPSA) is 18.5 Å². The highest BCUT2D eigenvalue weighted by atomic mass is 19.3. The lowest BCUT2D eigenvalue weighted by molar-refractivity contribution is -0.277. The van der Waals surface area contributed by atoms with Crippen molar-refractivity contribution in [2.45, 2.75) is 89.8 Å². The summed E-state index contributed by atoms with van der Waals surface area (Å²) in [7, 11) is 0. The smallest absolute Gasteiger partial charge is 0.383 e. The fourth-order valence-corrected chi connectivity index (χ4v) is 5.82. The van der Waals surface area contributed by atoms with Crippen molar-refractivity contribution in [3.63, 3.8) is 0 Å². The second-order valence-corrected chi connectivity index (χ2v) is 10.7. The van der Waals surface area contributed by atoms with E-state index in [0.717, 1.165) is 18.4 Å². The van der Waals surface area contributed by atoms with Gasteiger partial charge in [-0.2, -0.15) is 13.2 Å². The summed E-state index contributed by atoms with van der Waals surface area (Å²) in [5, 5.41) is 0. The molecule has 1 aliphatic carbocycles. The highest BCUT2D eigenvalue weighted by molar-refractivity contribution is 5.54. The lowest BCUT2D eigenvalue weighted by atomic mass is 9.81. The van der Waals surface area contributed by atoms with Gasteiger partial charge in [-0.3, -0.25) is 0 Å². The van der Waals surface area contributed by atoms with Crippen LogP contribution in [0.15, 0.2) is 42.5 Å². The van der Waals surface area contributed by atoms with Crippen LogP contribution in [-0.4, -0.2) is 6.10 Å². The highest BCUT2D eigenvalue weighted by Gasteiger charge is 2.38. The molecule has 2 nitrogen and oxygen atoms in total. The largest absolute Gasteiger partial charge is 0.450 e. The van der Waals surface area contributed by atoms with E-state index in [4.69, 9.17) is 9.47 Å². The van der Waals surface area contributed by atoms with Crippen molar-refractivity contribution in [2.75, 3.05) is 0 Å². The Hall–Kier alpha value is -2.93. The first-order chi connectivity index (χ1) is 18.7. The molecular formula is C32H33F5O2. The molecule has 0 spiro atoms. The molecule has 3 aromatic rings. The maximum Gasteiger partial charge on any atom is 0.383 e. The van der Waals surface area contributed by atoms with Crippen molar-refractivity contribution in [3.05, 3.63) is 93.3 Å². The summed E-state index contributed by atoms with van der Waals surface area (Å²) in [5.41, 5.74) is 2.59. The monoisotopic (exact) mass is 544 g/mol. The Balaban J connectivity index is 1.27. The summed E-state index contributed by atoms with van der Waals surface area (Å²) in [4.78, 5) is 0. The Bertz CT molecular complexity index is 1330. The molecule has 0 N–H and O–H groups in total. The van der Waals surface area contributed by atoms with Crippen LogP contribution >= 0.6 is 0 Å². The lowest BCUT2D eigenvalue weighted by Crippen LogP contribution is -2.29. The van der Waals surface area contributed by atoms with Crippen LogP contribution in [0, 0.1) is 17.5 Å². The Kier molecular flexibility index (Phi) is 7.99. The molecule has 0 bridgehead atoms. The van der Waals surface area contributed by atoms with Gasteiger partial charge < -0.3 is 9.47 Å². The minimum absolute atomic E-state index is 0.0852. The SMILES string of the molecule is CCCc1ccc(C(F)(F)OC2CCC(c3ccc4c(c3F)Oc3c(cc(CCC)c(F)c3F)C4)CC2)cc1. The van der Waals surface area contributed by atoms with E-state index in [9.17, 15) is 17.6 Å². The van der Waals surface area contributed by atoms with Crippen molar-refractivity contribution in [3.8, 4) is 11.5 Å². The summed E-state index contributed by atoms with van der Waals surface area (Å²) in [5.74, 6) is -3.21. The number of hydrogen-bond acceptors (Lipinski definition) is 2. The van der Waals surface area contributed by atoms with Gasteiger partial charge in [0.15, 0.2) is 23.1 Å². The number of ether oxygens (including phenoxy) is 2. The van der Waals surface area contributed by atoms with Crippen LogP contribution in [0.5, 0.6) is 11.5 Å². The van der Waals surface area contributed by atoms with Crippen LogP contribution in [-0.2, 0) is 30.1 Å². The summed E-state index contributed by atoms with van der Waals surface area (Å²) >= 11 is 0. The molecule has 3 aromatic carbocycles. The molecule has 1 heterocycles. The average Bonchev–Trinajstić information content (AvgIpc) is 2.92. The number of benzene rings is 3. The minimum Gasteiger partial charge on any atom is -0.450 e. The third-order valence-corrected chi connectivity index (χ3v) is 7.88. The summed E-state index contributed by atoms with van der Waals surface area (Å²) in [6, 6.07) is 11.3. The molecule has 5 rings (SSSR count). The second kappa shape index (κ2) is 11.3. The van der Waals surface area contributed by atoms with Crippen molar-refractivity contribution in [1.29, 1.82) is 0 Å². The fraction of sp³-hybridized carbons (Fsp3) is 0.438. The molecule has 39 heavy (non-hydrogen) atoms. The molecule has 208 valence electrons. The molecule has 1 aliphatic heterocycles. The van der Waals surface area contributed by atoms with Gasteiger partial charge in [-0.1, -0.05) is 63.1 Å². The van der Waals surface area contributed by atoms with Crippen LogP contribution in [0.1, 0.15) is 91.7 Å². The molecular weight excluding hydrogens is 511 g/mol. The van der Waals surface area contributed by atoms with Gasteiger partial charge in [0.1, 0.15) is 0 Å². The lowest BCUT2D eigenvalue weighted by Gasteiger charge is -2.32. The molecule has 1 fully saturated rings. The van der Waals surface area contributed by atoms with Gasteiger partial charge in [0, 0.05) is 17.5 Å². The minimum atomic E-state index is -3.41. The zero-order valence-electron chi connectivity index (χ0n) is 22.3. The standard InChI is InChI=1S/C32H33F5O2/c1-3-5-19-7-12-24(13-8-19)32(36,37)39-25-14-9-20(10-15-25)26-16-11-22-18-23-17-21(6-4-2)27(33)29(35)31(23)38-30(22)28(26)34/h7-8,11-13,16-17,20,25H,3-6,9-10,14-15,18H2,1-2H3. The van der Waals surface area contributed by atoms with E-state index in [-0.39, 0.29) is 35.0 Å². The van der Waals surface area contributed by atoms with E-state index in [1.807, 2.05) is 13.8 Å². The van der Waals surface area contributed by atoms with Crippen molar-refractivity contribution in [2.24, 2.45) is 0 Å². The Morgan fingerprint density at radius 3 is 2.13 bits per heavy atom. The van der Waals surface area contributed by atoms with Gasteiger partial charge in [-0.05, 0) is 67.2 Å². The van der Waals surface area contributed by atoms with Crippen molar-refractivity contribution in [1.82, 2.24) is 0 Å². The Morgan fingerprint density at radius 1 is 0.795 bits per heavy atom. The molecule has 0 aromatic heterocycles. The number of alkyl halides is 2. The summed E-state index contributed by atoms with van der Waals surface area (Å²) < 4.78 is 85.5. The Morgan fingerprint density at radius 2 is 1.46 bits per heavy atom. The van der Waals surface area contributed by atoms with Crippen molar-refractivity contribution < 1.29 is 31.4 Å². The molecule has 0 atom stereocenters. The first-order valence-electron chi connectivity index (χ1n) is 13.9. The van der Waals surface area contributed by atoms with Gasteiger partial charge in [-0.25, -0.2) is 8.78 Å². The zero-order chi connectivity index (χ0) is 27.7. The van der Waals surface area contributed by atoms with Crippen LogP contribution in [0.4, 0.5) is 22.0 Å². The van der Waals surface area contributed by atoms with Gasteiger partial charge in [0.05, 0.1) is 11.7 Å². The van der Waals surface area contributed by atoms with E-state index >= 15 is 4.39 Å². The maximum atomic E-state index is 15.6. The summed E-state index contributed by atoms with van der Waals surface area (Å²) in [6.45, 7) is 3.92. The van der Waals surface area contributed by atoms with Gasteiger partial charge in [-0.15, -0.1) is 0 Å². The predicted molar refractivity (Wildman–Crippen MR) is 140 cm³/mol. The van der Waals surface area contributed by atoms with Crippen LogP contribution in [0.25, 0.3) is 0 Å². The molecule has 0 amide bonds. The molecule has 7 heteroatoms. The zero-order valence-corrected chi connectivity index (χ0v) is 22.3. The first kappa shape index (κ1) is 27.6. The average molecular weight is 545 g/mol. The fourth-order valence-electron chi connectivity index (χ4n) is 5.82. The van der Waals surface area contributed by atoms with Crippen LogP contribution in [0.3, 0.4) is 0 Å². The third kappa shape index (κ3) is 5.56. The molecule has 2 aliphatic rings. The molecule has 0 radical (unpaired) electrons. The second-order valence-electron chi connectivity index (χ2n) is 10.7. The van der Waals surface area contributed by atoms with E-state index in [1.54, 1.807) is 30.3 Å². The number of hydrogen-bond donors (Lipinski definition) is 0. The number of halogens is 5. The van der Waals surface area contributed by atoms with E-state index in [2.05, 4.69) is 0 Å². The predicted octanol–water partition coefficient (Wildman–Crippen LogP) is 9.50. The first-order valence-corrected chi connectivity index (χ1v) is 13.9. The number of rotatable bonds is 8. The van der Waals surface area contributed by atoms with Crippen LogP contribution < -0.4 is 4.74 Å².